The highest BCUT2D eigenvalue weighted by Crippen LogP contribution is 2.15. The predicted molar refractivity (Wildman–Crippen MR) is 65.3 cm³/mol. The largest absolute Gasteiger partial charge is 0.480 e. The third-order valence-corrected chi connectivity index (χ3v) is 3.19. The van der Waals surface area contributed by atoms with Gasteiger partial charge in [-0.25, -0.2) is 9.59 Å². The number of aliphatic hydroxyl groups excluding tert-OH is 1. The van der Waals surface area contributed by atoms with Gasteiger partial charge >= 0.3 is 12.0 Å². The summed E-state index contributed by atoms with van der Waals surface area (Å²) in [5, 5.41) is 22.3. The molecule has 2 atom stereocenters. The first kappa shape index (κ1) is 14.7. The molecule has 0 radical (unpaired) electrons. The predicted octanol–water partition coefficient (Wildman–Crippen LogP) is -0.785. The fourth-order valence-corrected chi connectivity index (χ4v) is 2.15. The zero-order chi connectivity index (χ0) is 13.5. The van der Waals surface area contributed by atoms with Gasteiger partial charge in [0.25, 0.3) is 0 Å². The van der Waals surface area contributed by atoms with Gasteiger partial charge in [-0.15, -0.1) is 0 Å². The lowest BCUT2D eigenvalue weighted by atomic mass is 10.2. The van der Waals surface area contributed by atoms with Crippen LogP contribution in [0.3, 0.4) is 0 Å². The van der Waals surface area contributed by atoms with Crippen molar-refractivity contribution in [3.8, 4) is 0 Å². The summed E-state index contributed by atoms with van der Waals surface area (Å²) in [6.07, 6.45) is 2.16. The van der Waals surface area contributed by atoms with Gasteiger partial charge in [-0.05, 0) is 25.9 Å². The van der Waals surface area contributed by atoms with Gasteiger partial charge in [-0.2, -0.15) is 0 Å². The molecule has 0 aliphatic carbocycles. The zero-order valence-electron chi connectivity index (χ0n) is 10.6. The first-order valence-corrected chi connectivity index (χ1v) is 6.20. The van der Waals surface area contributed by atoms with Gasteiger partial charge in [0.15, 0.2) is 6.04 Å². The van der Waals surface area contributed by atoms with E-state index < -0.39 is 24.6 Å². The monoisotopic (exact) mass is 259 g/mol. The number of hydrogen-bond donors (Lipinski definition) is 4. The average molecular weight is 259 g/mol. The Morgan fingerprint density at radius 3 is 2.78 bits per heavy atom. The van der Waals surface area contributed by atoms with Crippen LogP contribution in [0, 0.1) is 0 Å². The minimum absolute atomic E-state index is 0.318. The molecule has 1 rings (SSSR count). The number of aliphatic carboxylic acids is 1. The topological polar surface area (TPSA) is 102 Å². The van der Waals surface area contributed by atoms with Crippen LogP contribution < -0.4 is 10.6 Å². The number of carboxylic acids is 1. The molecule has 0 saturated carbocycles. The smallest absolute Gasteiger partial charge is 0.328 e. The molecule has 1 aliphatic heterocycles. The van der Waals surface area contributed by atoms with E-state index in [0.717, 1.165) is 25.9 Å². The number of nitrogens with zero attached hydrogens (tertiary/aromatic N) is 1. The molecule has 0 aromatic heterocycles. The number of urea groups is 1. The van der Waals surface area contributed by atoms with Gasteiger partial charge in [0.1, 0.15) is 0 Å². The Bertz CT molecular complexity index is 298. The fraction of sp³-hybridized carbons (Fsp3) is 0.818. The lowest BCUT2D eigenvalue weighted by molar-refractivity contribution is -0.140. The van der Waals surface area contributed by atoms with Crippen LogP contribution in [0.4, 0.5) is 4.79 Å². The molecule has 0 aromatic carbocycles. The van der Waals surface area contributed by atoms with Crippen LogP contribution in [0.5, 0.6) is 0 Å². The number of likely N-dealkylation sites (tertiary alicyclic amines) is 1. The molecule has 2 amide bonds. The van der Waals surface area contributed by atoms with Crippen molar-refractivity contribution < 1.29 is 19.8 Å². The van der Waals surface area contributed by atoms with E-state index in [-0.39, 0.29) is 0 Å². The van der Waals surface area contributed by atoms with Crippen molar-refractivity contribution in [2.75, 3.05) is 26.2 Å². The van der Waals surface area contributed by atoms with Gasteiger partial charge < -0.3 is 20.8 Å². The summed E-state index contributed by atoms with van der Waals surface area (Å²) in [7, 11) is 0. The summed E-state index contributed by atoms with van der Waals surface area (Å²) < 4.78 is 0. The van der Waals surface area contributed by atoms with Crippen LogP contribution in [0.15, 0.2) is 0 Å². The summed E-state index contributed by atoms with van der Waals surface area (Å²) in [4.78, 5) is 24.3. The number of amides is 2. The normalized spacial score (nSPS) is 21.6. The van der Waals surface area contributed by atoms with Crippen LogP contribution in [0.2, 0.25) is 0 Å². The molecular weight excluding hydrogens is 238 g/mol. The number of likely N-dealkylation sites (N-methyl/N-ethyl adjacent to an activating group) is 1. The molecular formula is C11H21N3O4. The Balaban J connectivity index is 2.30. The molecule has 0 aromatic rings. The molecule has 7 nitrogen and oxygen atoms in total. The Labute approximate surface area is 106 Å². The lowest BCUT2D eigenvalue weighted by Crippen LogP contribution is -2.50. The molecule has 18 heavy (non-hydrogen) atoms. The summed E-state index contributed by atoms with van der Waals surface area (Å²) in [6.45, 7) is 3.94. The van der Waals surface area contributed by atoms with Crippen LogP contribution in [-0.4, -0.2) is 65.4 Å². The first-order chi connectivity index (χ1) is 8.58. The van der Waals surface area contributed by atoms with Crippen molar-refractivity contribution in [2.24, 2.45) is 0 Å². The lowest BCUT2D eigenvalue weighted by Gasteiger charge is -2.23. The van der Waals surface area contributed by atoms with Crippen LogP contribution >= 0.6 is 0 Å². The van der Waals surface area contributed by atoms with E-state index in [9.17, 15) is 9.59 Å². The number of carbonyl (C=O) groups is 2. The first-order valence-electron chi connectivity index (χ1n) is 6.20. The summed E-state index contributed by atoms with van der Waals surface area (Å²) >= 11 is 0. The number of carboxylic acid groups (broad SMARTS) is 1. The van der Waals surface area contributed by atoms with Crippen LogP contribution in [-0.2, 0) is 4.79 Å². The van der Waals surface area contributed by atoms with Crippen molar-refractivity contribution in [2.45, 2.75) is 31.8 Å². The van der Waals surface area contributed by atoms with Gasteiger partial charge in [0, 0.05) is 12.6 Å². The molecule has 1 saturated heterocycles. The highest BCUT2D eigenvalue weighted by Gasteiger charge is 2.24. The summed E-state index contributed by atoms with van der Waals surface area (Å²) in [5.41, 5.74) is 0. The Morgan fingerprint density at radius 1 is 1.50 bits per heavy atom. The summed E-state index contributed by atoms with van der Waals surface area (Å²) in [5.74, 6) is -1.25. The van der Waals surface area contributed by atoms with Crippen LogP contribution in [0.25, 0.3) is 0 Å². The second-order valence-electron chi connectivity index (χ2n) is 4.35. The Morgan fingerprint density at radius 2 is 2.22 bits per heavy atom. The SMILES string of the molecule is CCN1CCCC1CNC(=O)N[C@H](CO)C(=O)O. The minimum atomic E-state index is -1.25. The molecule has 1 fully saturated rings. The van der Waals surface area contributed by atoms with Crippen molar-refractivity contribution >= 4 is 12.0 Å². The third-order valence-electron chi connectivity index (χ3n) is 3.19. The molecule has 1 unspecified atom stereocenters. The molecule has 4 N–H and O–H groups in total. The van der Waals surface area contributed by atoms with E-state index in [0.29, 0.717) is 12.6 Å². The van der Waals surface area contributed by atoms with Gasteiger partial charge in [0.2, 0.25) is 0 Å². The molecule has 1 aliphatic rings. The number of nitrogens with one attached hydrogen (secondary N) is 2. The van der Waals surface area contributed by atoms with Crippen molar-refractivity contribution in [3.05, 3.63) is 0 Å². The highest BCUT2D eigenvalue weighted by molar-refractivity contribution is 5.82. The number of carbonyl (C=O) groups excluding carboxylic acids is 1. The maximum absolute atomic E-state index is 11.5. The fourth-order valence-electron chi connectivity index (χ4n) is 2.15. The number of aliphatic hydroxyl groups is 1. The van der Waals surface area contributed by atoms with Gasteiger partial charge in [-0.1, -0.05) is 6.92 Å². The number of hydrogen-bond acceptors (Lipinski definition) is 4. The van der Waals surface area contributed by atoms with Gasteiger partial charge in [0.05, 0.1) is 6.61 Å². The van der Waals surface area contributed by atoms with E-state index in [2.05, 4.69) is 22.5 Å². The van der Waals surface area contributed by atoms with Gasteiger partial charge in [-0.3, -0.25) is 4.90 Å². The Hall–Kier alpha value is -1.34. The third kappa shape index (κ3) is 4.15. The van der Waals surface area contributed by atoms with E-state index in [1.165, 1.54) is 0 Å². The van der Waals surface area contributed by atoms with Crippen molar-refractivity contribution in [1.29, 1.82) is 0 Å². The average Bonchev–Trinajstić information content (AvgIpc) is 2.80. The standard InChI is InChI=1S/C11H21N3O4/c1-2-14-5-3-4-8(14)6-12-11(18)13-9(7-15)10(16)17/h8-9,15H,2-7H2,1H3,(H,16,17)(H2,12,13,18)/t8?,9-/m1/s1. The van der Waals surface area contributed by atoms with Crippen molar-refractivity contribution in [3.63, 3.8) is 0 Å². The maximum atomic E-state index is 11.5. The zero-order valence-corrected chi connectivity index (χ0v) is 10.6. The minimum Gasteiger partial charge on any atom is -0.480 e. The second kappa shape index (κ2) is 7.17. The molecule has 0 spiro atoms. The number of rotatable bonds is 6. The van der Waals surface area contributed by atoms with E-state index in [4.69, 9.17) is 10.2 Å². The molecule has 0 bridgehead atoms. The highest BCUT2D eigenvalue weighted by atomic mass is 16.4. The quantitative estimate of drug-likeness (QED) is 0.501. The van der Waals surface area contributed by atoms with Crippen LogP contribution in [0.1, 0.15) is 19.8 Å². The van der Waals surface area contributed by atoms with Crippen molar-refractivity contribution in [1.82, 2.24) is 15.5 Å². The molecule has 104 valence electrons. The second-order valence-corrected chi connectivity index (χ2v) is 4.35. The summed E-state index contributed by atoms with van der Waals surface area (Å²) in [6, 6.07) is -1.49. The molecule has 7 heteroatoms. The maximum Gasteiger partial charge on any atom is 0.328 e. The van der Waals surface area contributed by atoms with E-state index in [1.807, 2.05) is 0 Å². The van der Waals surface area contributed by atoms with E-state index >= 15 is 0 Å². The molecule has 1 heterocycles. The van der Waals surface area contributed by atoms with E-state index in [1.54, 1.807) is 0 Å². The Kier molecular flexibility index (Phi) is 5.87.